The SMILES string of the molecule is NC(=O)N[C@H]1CC[C@H](C(F)F)CC1. The Kier molecular flexibility index (Phi) is 3.45. The monoisotopic (exact) mass is 192 g/mol. The molecule has 0 aromatic rings. The van der Waals surface area contributed by atoms with Crippen LogP contribution in [-0.2, 0) is 0 Å². The fourth-order valence-corrected chi connectivity index (χ4v) is 1.72. The summed E-state index contributed by atoms with van der Waals surface area (Å²) in [5.74, 6) is -0.495. The summed E-state index contributed by atoms with van der Waals surface area (Å²) in [5.41, 5.74) is 4.92. The zero-order valence-corrected chi connectivity index (χ0v) is 7.30. The average Bonchev–Trinajstić information content (AvgIpc) is 2.04. The highest BCUT2D eigenvalue weighted by Gasteiger charge is 2.27. The van der Waals surface area contributed by atoms with E-state index in [9.17, 15) is 13.6 Å². The van der Waals surface area contributed by atoms with E-state index in [1.807, 2.05) is 0 Å². The molecule has 1 fully saturated rings. The van der Waals surface area contributed by atoms with Crippen molar-refractivity contribution in [3.05, 3.63) is 0 Å². The Bertz CT molecular complexity index is 179. The lowest BCUT2D eigenvalue weighted by Crippen LogP contribution is -2.41. The Morgan fingerprint density at radius 2 is 1.85 bits per heavy atom. The van der Waals surface area contributed by atoms with Gasteiger partial charge in [0, 0.05) is 12.0 Å². The van der Waals surface area contributed by atoms with Crippen LogP contribution >= 0.6 is 0 Å². The summed E-state index contributed by atoms with van der Waals surface area (Å²) in [4.78, 5) is 10.4. The van der Waals surface area contributed by atoms with Crippen molar-refractivity contribution < 1.29 is 13.6 Å². The predicted molar refractivity (Wildman–Crippen MR) is 44.5 cm³/mol. The molecule has 1 aliphatic carbocycles. The molecular formula is C8H14F2N2O. The van der Waals surface area contributed by atoms with Crippen molar-refractivity contribution in [2.75, 3.05) is 0 Å². The zero-order chi connectivity index (χ0) is 9.84. The first-order chi connectivity index (χ1) is 6.09. The maximum atomic E-state index is 12.2. The summed E-state index contributed by atoms with van der Waals surface area (Å²) in [6, 6.07) is -0.576. The number of hydrogen-bond acceptors (Lipinski definition) is 1. The quantitative estimate of drug-likeness (QED) is 0.684. The largest absolute Gasteiger partial charge is 0.352 e. The van der Waals surface area contributed by atoms with Crippen LogP contribution in [-0.4, -0.2) is 18.5 Å². The number of nitrogens with one attached hydrogen (secondary N) is 1. The van der Waals surface area contributed by atoms with Crippen LogP contribution in [0.25, 0.3) is 0 Å². The standard InChI is InChI=1S/C8H14F2N2O/c9-7(10)5-1-3-6(4-2-5)12-8(11)13/h5-7H,1-4H2,(H3,11,12,13)/t5-,6-. The van der Waals surface area contributed by atoms with Crippen LogP contribution in [0.5, 0.6) is 0 Å². The molecule has 1 rings (SSSR count). The number of rotatable bonds is 2. The molecule has 1 saturated carbocycles. The molecule has 0 saturated heterocycles. The molecule has 1 aliphatic rings. The Morgan fingerprint density at radius 1 is 1.31 bits per heavy atom. The van der Waals surface area contributed by atoms with Gasteiger partial charge >= 0.3 is 6.03 Å². The van der Waals surface area contributed by atoms with Crippen LogP contribution in [0.4, 0.5) is 13.6 Å². The lowest BCUT2D eigenvalue weighted by atomic mass is 9.86. The van der Waals surface area contributed by atoms with Crippen molar-refractivity contribution in [3.8, 4) is 0 Å². The number of urea groups is 1. The smallest absolute Gasteiger partial charge is 0.312 e. The molecule has 0 atom stereocenters. The van der Waals surface area contributed by atoms with Crippen LogP contribution in [0.3, 0.4) is 0 Å². The minimum absolute atomic E-state index is 0.00694. The number of alkyl halides is 2. The summed E-state index contributed by atoms with van der Waals surface area (Å²) in [7, 11) is 0. The molecule has 13 heavy (non-hydrogen) atoms. The second-order valence-corrected chi connectivity index (χ2v) is 3.45. The van der Waals surface area contributed by atoms with Gasteiger partial charge in [-0.15, -0.1) is 0 Å². The van der Waals surface area contributed by atoms with Gasteiger partial charge in [0.05, 0.1) is 0 Å². The Labute approximate surface area is 75.7 Å². The zero-order valence-electron chi connectivity index (χ0n) is 7.30. The molecule has 0 heterocycles. The molecule has 2 amide bonds. The first-order valence-electron chi connectivity index (χ1n) is 4.43. The van der Waals surface area contributed by atoms with Crippen LogP contribution < -0.4 is 11.1 Å². The second-order valence-electron chi connectivity index (χ2n) is 3.45. The minimum Gasteiger partial charge on any atom is -0.352 e. The number of carbonyl (C=O) groups is 1. The van der Waals surface area contributed by atoms with E-state index >= 15 is 0 Å². The van der Waals surface area contributed by atoms with Crippen LogP contribution in [0, 0.1) is 5.92 Å². The van der Waals surface area contributed by atoms with Crippen molar-refractivity contribution in [1.29, 1.82) is 0 Å². The molecule has 0 aromatic carbocycles. The van der Waals surface area contributed by atoms with E-state index in [1.54, 1.807) is 0 Å². The summed E-state index contributed by atoms with van der Waals surface area (Å²) >= 11 is 0. The van der Waals surface area contributed by atoms with Crippen molar-refractivity contribution in [3.63, 3.8) is 0 Å². The van der Waals surface area contributed by atoms with Gasteiger partial charge in [0.1, 0.15) is 0 Å². The van der Waals surface area contributed by atoms with Gasteiger partial charge in [-0.1, -0.05) is 0 Å². The first-order valence-corrected chi connectivity index (χ1v) is 4.43. The Morgan fingerprint density at radius 3 is 2.23 bits per heavy atom. The number of nitrogens with two attached hydrogens (primary N) is 1. The molecule has 3 N–H and O–H groups in total. The van der Waals surface area contributed by atoms with Crippen molar-refractivity contribution in [1.82, 2.24) is 5.32 Å². The topological polar surface area (TPSA) is 55.1 Å². The Balaban J connectivity index is 2.26. The van der Waals surface area contributed by atoms with E-state index < -0.39 is 18.4 Å². The molecule has 0 radical (unpaired) electrons. The van der Waals surface area contributed by atoms with Crippen LogP contribution in [0.1, 0.15) is 25.7 Å². The number of amides is 2. The predicted octanol–water partition coefficient (Wildman–Crippen LogP) is 1.48. The summed E-state index contributed by atoms with van der Waals surface area (Å²) < 4.78 is 24.4. The normalized spacial score (nSPS) is 28.8. The number of carbonyl (C=O) groups excluding carboxylic acids is 1. The van der Waals surface area contributed by atoms with E-state index in [2.05, 4.69) is 5.32 Å². The molecule has 76 valence electrons. The number of halogens is 2. The first kappa shape index (κ1) is 10.2. The van der Waals surface area contributed by atoms with Crippen LogP contribution in [0.2, 0.25) is 0 Å². The van der Waals surface area contributed by atoms with Gasteiger partial charge in [0.2, 0.25) is 6.43 Å². The Hall–Kier alpha value is -0.870. The molecule has 0 bridgehead atoms. The molecular weight excluding hydrogens is 178 g/mol. The third kappa shape index (κ3) is 3.16. The number of hydrogen-bond donors (Lipinski definition) is 2. The summed E-state index contributed by atoms with van der Waals surface area (Å²) in [5, 5.41) is 2.54. The molecule has 0 aromatic heterocycles. The van der Waals surface area contributed by atoms with E-state index in [1.165, 1.54) is 0 Å². The molecule has 3 nitrogen and oxygen atoms in total. The molecule has 0 aliphatic heterocycles. The van der Waals surface area contributed by atoms with Gasteiger partial charge in [-0.2, -0.15) is 0 Å². The highest BCUT2D eigenvalue weighted by molar-refractivity contribution is 5.71. The maximum Gasteiger partial charge on any atom is 0.312 e. The average molecular weight is 192 g/mol. The summed E-state index contributed by atoms with van der Waals surface area (Å²) in [6.07, 6.45) is -0.0595. The van der Waals surface area contributed by atoms with Crippen molar-refractivity contribution >= 4 is 6.03 Å². The van der Waals surface area contributed by atoms with E-state index in [-0.39, 0.29) is 6.04 Å². The third-order valence-electron chi connectivity index (χ3n) is 2.47. The molecule has 0 unspecified atom stereocenters. The highest BCUT2D eigenvalue weighted by Crippen LogP contribution is 2.28. The second kappa shape index (κ2) is 4.39. The van der Waals surface area contributed by atoms with Gasteiger partial charge < -0.3 is 11.1 Å². The van der Waals surface area contributed by atoms with Gasteiger partial charge in [-0.05, 0) is 25.7 Å². The molecule has 5 heteroatoms. The fourth-order valence-electron chi connectivity index (χ4n) is 1.72. The van der Waals surface area contributed by atoms with E-state index in [0.717, 1.165) is 0 Å². The molecule has 0 spiro atoms. The third-order valence-corrected chi connectivity index (χ3v) is 2.47. The van der Waals surface area contributed by atoms with Crippen molar-refractivity contribution in [2.45, 2.75) is 38.2 Å². The lowest BCUT2D eigenvalue weighted by molar-refractivity contribution is 0.0516. The fraction of sp³-hybridized carbons (Fsp3) is 0.875. The minimum atomic E-state index is -2.23. The van der Waals surface area contributed by atoms with Gasteiger partial charge in [-0.3, -0.25) is 0 Å². The van der Waals surface area contributed by atoms with Gasteiger partial charge in [-0.25, -0.2) is 13.6 Å². The van der Waals surface area contributed by atoms with Gasteiger partial charge in [0.15, 0.2) is 0 Å². The lowest BCUT2D eigenvalue weighted by Gasteiger charge is -2.27. The highest BCUT2D eigenvalue weighted by atomic mass is 19.3. The van der Waals surface area contributed by atoms with Crippen LogP contribution in [0.15, 0.2) is 0 Å². The van der Waals surface area contributed by atoms with Crippen molar-refractivity contribution in [2.24, 2.45) is 11.7 Å². The summed E-state index contributed by atoms with van der Waals surface area (Å²) in [6.45, 7) is 0. The van der Waals surface area contributed by atoms with E-state index in [4.69, 9.17) is 5.73 Å². The maximum absolute atomic E-state index is 12.2. The van der Waals surface area contributed by atoms with Gasteiger partial charge in [0.25, 0.3) is 0 Å². The number of primary amides is 1. The van der Waals surface area contributed by atoms with E-state index in [0.29, 0.717) is 25.7 Å².